The second-order valence-corrected chi connectivity index (χ2v) is 6.14. The molecule has 4 nitrogen and oxygen atoms in total. The first-order valence-electron chi connectivity index (χ1n) is 6.13. The van der Waals surface area contributed by atoms with Crippen LogP contribution in [0.3, 0.4) is 0 Å². The van der Waals surface area contributed by atoms with Crippen molar-refractivity contribution in [1.82, 2.24) is 9.97 Å². The van der Waals surface area contributed by atoms with E-state index in [9.17, 15) is 0 Å². The molecule has 3 rings (SSSR count). The van der Waals surface area contributed by atoms with E-state index in [1.807, 2.05) is 24.6 Å². The van der Waals surface area contributed by atoms with E-state index in [2.05, 4.69) is 55.6 Å². The summed E-state index contributed by atoms with van der Waals surface area (Å²) in [7, 11) is 1.82. The van der Waals surface area contributed by atoms with E-state index >= 15 is 0 Å². The summed E-state index contributed by atoms with van der Waals surface area (Å²) >= 11 is 5.18. The lowest BCUT2D eigenvalue weighted by Crippen LogP contribution is -2.01. The van der Waals surface area contributed by atoms with Gasteiger partial charge in [-0.1, -0.05) is 6.07 Å². The fraction of sp³-hybridized carbons (Fsp3) is 0.143. The number of fused-ring (bicyclic) bond motifs is 1. The van der Waals surface area contributed by atoms with Gasteiger partial charge in [0.05, 0.1) is 11.1 Å². The summed E-state index contributed by atoms with van der Waals surface area (Å²) in [5.74, 6) is 1.43. The molecule has 102 valence electrons. The van der Waals surface area contributed by atoms with Gasteiger partial charge in [0, 0.05) is 11.5 Å². The molecule has 0 aliphatic heterocycles. The van der Waals surface area contributed by atoms with Crippen LogP contribution in [0.15, 0.2) is 34.1 Å². The summed E-state index contributed by atoms with van der Waals surface area (Å²) in [6.07, 6.45) is 0. The smallest absolute Gasteiger partial charge is 0.225 e. The average Bonchev–Trinajstić information content (AvgIpc) is 2.90. The highest BCUT2D eigenvalue weighted by molar-refractivity contribution is 9.10. The molecule has 0 saturated heterocycles. The van der Waals surface area contributed by atoms with E-state index in [-0.39, 0.29) is 0 Å². The van der Waals surface area contributed by atoms with Gasteiger partial charge in [-0.25, -0.2) is 4.98 Å². The van der Waals surface area contributed by atoms with E-state index in [0.29, 0.717) is 5.95 Å². The Hall–Kier alpha value is -1.66. The number of benzene rings is 1. The number of halogens is 1. The molecule has 0 bridgehead atoms. The van der Waals surface area contributed by atoms with Crippen molar-refractivity contribution in [2.75, 3.05) is 17.7 Å². The van der Waals surface area contributed by atoms with Crippen molar-refractivity contribution in [2.24, 2.45) is 0 Å². The molecule has 3 aromatic rings. The largest absolute Gasteiger partial charge is 0.357 e. The van der Waals surface area contributed by atoms with Gasteiger partial charge in [-0.15, -0.1) is 11.3 Å². The maximum absolute atomic E-state index is 4.50. The molecule has 2 heterocycles. The molecule has 0 aliphatic carbocycles. The van der Waals surface area contributed by atoms with Crippen LogP contribution in [-0.4, -0.2) is 17.0 Å². The fourth-order valence-electron chi connectivity index (χ4n) is 1.91. The molecule has 0 unspecified atom stereocenters. The van der Waals surface area contributed by atoms with Crippen LogP contribution in [0.5, 0.6) is 0 Å². The van der Waals surface area contributed by atoms with Crippen LogP contribution < -0.4 is 10.6 Å². The number of thiophene rings is 1. The number of hydrogen-bond donors (Lipinski definition) is 2. The zero-order chi connectivity index (χ0) is 14.1. The van der Waals surface area contributed by atoms with Crippen LogP contribution in [0.25, 0.3) is 10.2 Å². The molecular weight excluding hydrogens is 336 g/mol. The van der Waals surface area contributed by atoms with Crippen LogP contribution in [0.4, 0.5) is 17.5 Å². The third-order valence-corrected chi connectivity index (χ3v) is 4.39. The molecule has 0 amide bonds. The maximum Gasteiger partial charge on any atom is 0.225 e. The Morgan fingerprint density at radius 3 is 2.80 bits per heavy atom. The highest BCUT2D eigenvalue weighted by atomic mass is 79.9. The standard InChI is InChI=1S/C14H13BrN4S/c1-8-3-4-11(10(15)7-8)17-12-9-5-6-20-13(9)19-14(16-2)18-12/h3-7H,1-2H3,(H2,16,17,18,19). The van der Waals surface area contributed by atoms with Crippen molar-refractivity contribution in [3.05, 3.63) is 39.7 Å². The van der Waals surface area contributed by atoms with E-state index in [0.717, 1.165) is 26.2 Å². The van der Waals surface area contributed by atoms with Gasteiger partial charge in [0.15, 0.2) is 0 Å². The summed E-state index contributed by atoms with van der Waals surface area (Å²) in [5.41, 5.74) is 2.20. The molecule has 6 heteroatoms. The van der Waals surface area contributed by atoms with Crippen LogP contribution in [0, 0.1) is 6.92 Å². The molecule has 0 spiro atoms. The van der Waals surface area contributed by atoms with Gasteiger partial charge in [0.1, 0.15) is 10.6 Å². The normalized spacial score (nSPS) is 10.8. The lowest BCUT2D eigenvalue weighted by Gasteiger charge is -2.10. The number of rotatable bonds is 3. The zero-order valence-electron chi connectivity index (χ0n) is 11.1. The van der Waals surface area contributed by atoms with Crippen molar-refractivity contribution in [2.45, 2.75) is 6.92 Å². The Morgan fingerprint density at radius 1 is 1.20 bits per heavy atom. The molecule has 1 aromatic carbocycles. The molecule has 0 saturated carbocycles. The van der Waals surface area contributed by atoms with Gasteiger partial charge in [-0.05, 0) is 52.0 Å². The number of nitrogens with one attached hydrogen (secondary N) is 2. The van der Waals surface area contributed by atoms with Crippen molar-refractivity contribution in [1.29, 1.82) is 0 Å². The van der Waals surface area contributed by atoms with Crippen LogP contribution >= 0.6 is 27.3 Å². The predicted molar refractivity (Wildman–Crippen MR) is 89.1 cm³/mol. The fourth-order valence-corrected chi connectivity index (χ4v) is 3.27. The number of anilines is 3. The topological polar surface area (TPSA) is 49.8 Å². The van der Waals surface area contributed by atoms with Crippen LogP contribution in [0.2, 0.25) is 0 Å². The van der Waals surface area contributed by atoms with E-state index in [1.165, 1.54) is 5.56 Å². The molecule has 0 radical (unpaired) electrons. The van der Waals surface area contributed by atoms with E-state index in [1.54, 1.807) is 11.3 Å². The Balaban J connectivity index is 2.07. The summed E-state index contributed by atoms with van der Waals surface area (Å²) in [5, 5.41) is 9.41. The Bertz CT molecular complexity index is 769. The summed E-state index contributed by atoms with van der Waals surface area (Å²) in [4.78, 5) is 9.91. The van der Waals surface area contributed by atoms with Crippen LogP contribution in [-0.2, 0) is 0 Å². The lowest BCUT2D eigenvalue weighted by molar-refractivity contribution is 1.20. The molecule has 2 N–H and O–H groups in total. The number of aromatic nitrogens is 2. The number of aryl methyl sites for hydroxylation is 1. The first-order valence-corrected chi connectivity index (χ1v) is 7.81. The van der Waals surface area contributed by atoms with Crippen molar-refractivity contribution in [3.8, 4) is 0 Å². The van der Waals surface area contributed by atoms with Gasteiger partial charge in [-0.2, -0.15) is 4.98 Å². The summed E-state index contributed by atoms with van der Waals surface area (Å²) < 4.78 is 1.02. The first kappa shape index (κ1) is 13.3. The predicted octanol–water partition coefficient (Wildman–Crippen LogP) is 4.55. The number of hydrogen-bond acceptors (Lipinski definition) is 5. The van der Waals surface area contributed by atoms with Crippen LogP contribution in [0.1, 0.15) is 5.56 Å². The molecule has 20 heavy (non-hydrogen) atoms. The monoisotopic (exact) mass is 348 g/mol. The molecular formula is C14H13BrN4S. The van der Waals surface area contributed by atoms with Crippen molar-refractivity contribution < 1.29 is 0 Å². The third-order valence-electron chi connectivity index (χ3n) is 2.93. The Labute approximate surface area is 129 Å². The summed E-state index contributed by atoms with van der Waals surface area (Å²) in [6, 6.07) is 8.22. The van der Waals surface area contributed by atoms with Gasteiger partial charge in [0.2, 0.25) is 5.95 Å². The molecule has 0 fully saturated rings. The first-order chi connectivity index (χ1) is 9.67. The van der Waals surface area contributed by atoms with Crippen molar-refractivity contribution >= 4 is 54.9 Å². The number of nitrogens with zero attached hydrogens (tertiary/aromatic N) is 2. The minimum atomic E-state index is 0.616. The summed E-state index contributed by atoms with van der Waals surface area (Å²) in [6.45, 7) is 2.06. The Morgan fingerprint density at radius 2 is 2.05 bits per heavy atom. The lowest BCUT2D eigenvalue weighted by atomic mass is 10.2. The van der Waals surface area contributed by atoms with E-state index < -0.39 is 0 Å². The Kier molecular flexibility index (Phi) is 3.58. The minimum absolute atomic E-state index is 0.616. The quantitative estimate of drug-likeness (QED) is 0.729. The second-order valence-electron chi connectivity index (χ2n) is 4.39. The third kappa shape index (κ3) is 2.48. The zero-order valence-corrected chi connectivity index (χ0v) is 13.5. The highest BCUT2D eigenvalue weighted by Crippen LogP contribution is 2.31. The minimum Gasteiger partial charge on any atom is -0.357 e. The highest BCUT2D eigenvalue weighted by Gasteiger charge is 2.10. The van der Waals surface area contributed by atoms with E-state index in [4.69, 9.17) is 0 Å². The molecule has 2 aromatic heterocycles. The SMILES string of the molecule is CNc1nc(Nc2ccc(C)cc2Br)c2ccsc2n1. The van der Waals surface area contributed by atoms with Gasteiger partial charge < -0.3 is 10.6 Å². The maximum atomic E-state index is 4.50. The molecule has 0 atom stereocenters. The van der Waals surface area contributed by atoms with Crippen molar-refractivity contribution in [3.63, 3.8) is 0 Å². The average molecular weight is 349 g/mol. The van der Waals surface area contributed by atoms with Gasteiger partial charge in [-0.3, -0.25) is 0 Å². The second kappa shape index (κ2) is 5.38. The molecule has 0 aliphatic rings. The van der Waals surface area contributed by atoms with Gasteiger partial charge >= 0.3 is 0 Å². The van der Waals surface area contributed by atoms with Gasteiger partial charge in [0.25, 0.3) is 0 Å².